The number of carboxylic acid groups (broad SMARTS) is 1. The molecular weight excluding hydrogens is 182 g/mol. The molecule has 0 amide bonds. The van der Waals surface area contributed by atoms with Crippen LogP contribution in [0.25, 0.3) is 0 Å². The molecule has 1 heterocycles. The molecule has 1 aromatic rings. The van der Waals surface area contributed by atoms with E-state index < -0.39 is 5.97 Å². The Balaban J connectivity index is 3.11. The first kappa shape index (κ1) is 10.6. The number of carboxylic acids is 1. The summed E-state index contributed by atoms with van der Waals surface area (Å²) in [6, 6.07) is 0. The smallest absolute Gasteiger partial charge is 0.315 e. The van der Waals surface area contributed by atoms with Gasteiger partial charge in [0.15, 0.2) is 6.20 Å². The number of nitrogens with zero attached hydrogens (tertiary/aromatic N) is 3. The predicted octanol–water partition coefficient (Wildman–Crippen LogP) is -0.457. The summed E-state index contributed by atoms with van der Waals surface area (Å²) in [5.41, 5.74) is 0. The lowest BCUT2D eigenvalue weighted by Gasteiger charge is -2.06. The van der Waals surface area contributed by atoms with Crippen molar-refractivity contribution >= 4 is 11.8 Å². The first-order valence-corrected chi connectivity index (χ1v) is 4.36. The third-order valence-electron chi connectivity index (χ3n) is 2.21. The summed E-state index contributed by atoms with van der Waals surface area (Å²) in [4.78, 5) is 12.6. The first-order chi connectivity index (χ1) is 6.43. The molecule has 5 heteroatoms. The van der Waals surface area contributed by atoms with Crippen LogP contribution in [0.2, 0.25) is 0 Å². The summed E-state index contributed by atoms with van der Waals surface area (Å²) in [6.07, 6.45) is 1.96. The van der Waals surface area contributed by atoms with Crippen LogP contribution < -0.4 is 9.47 Å². The van der Waals surface area contributed by atoms with Gasteiger partial charge in [0, 0.05) is 14.1 Å². The molecule has 1 rings (SSSR count). The minimum absolute atomic E-state index is 0.0425. The second kappa shape index (κ2) is 3.69. The minimum atomic E-state index is -0.813. The van der Waals surface area contributed by atoms with Gasteiger partial charge in [0.2, 0.25) is 5.82 Å². The third kappa shape index (κ3) is 1.86. The van der Waals surface area contributed by atoms with Crippen LogP contribution >= 0.6 is 0 Å². The zero-order chi connectivity index (χ0) is 10.9. The molecule has 0 bridgehead atoms. The highest BCUT2D eigenvalue weighted by Gasteiger charge is 2.21. The van der Waals surface area contributed by atoms with E-state index in [4.69, 9.17) is 5.11 Å². The molecule has 1 aromatic heterocycles. The van der Waals surface area contributed by atoms with E-state index in [0.29, 0.717) is 0 Å². The zero-order valence-corrected chi connectivity index (χ0v) is 8.98. The Bertz CT molecular complexity index is 355. The molecule has 0 aliphatic carbocycles. The molecule has 0 unspecified atom stereocenters. The van der Waals surface area contributed by atoms with Gasteiger partial charge in [-0.1, -0.05) is 0 Å². The maximum absolute atomic E-state index is 10.6. The Labute approximate surface area is 83.2 Å². The largest absolute Gasteiger partial charge is 0.481 e. The van der Waals surface area contributed by atoms with Crippen molar-refractivity contribution in [1.82, 2.24) is 4.57 Å². The van der Waals surface area contributed by atoms with E-state index in [1.165, 1.54) is 0 Å². The van der Waals surface area contributed by atoms with E-state index >= 15 is 0 Å². The molecule has 0 radical (unpaired) electrons. The van der Waals surface area contributed by atoms with Crippen molar-refractivity contribution in [2.45, 2.75) is 6.42 Å². The SMILES string of the molecule is CN(C)c1c[n+](C)c(CC(=O)O)n1C. The number of aliphatic carboxylic acids is 1. The van der Waals surface area contributed by atoms with Gasteiger partial charge in [-0.15, -0.1) is 0 Å². The Kier molecular flexibility index (Phi) is 2.78. The van der Waals surface area contributed by atoms with Gasteiger partial charge in [0.25, 0.3) is 5.82 Å². The number of aromatic nitrogens is 2. The van der Waals surface area contributed by atoms with Crippen molar-refractivity contribution in [3.05, 3.63) is 12.0 Å². The van der Waals surface area contributed by atoms with Gasteiger partial charge in [-0.05, 0) is 0 Å². The predicted molar refractivity (Wildman–Crippen MR) is 52.3 cm³/mol. The number of anilines is 1. The quantitative estimate of drug-likeness (QED) is 0.669. The minimum Gasteiger partial charge on any atom is -0.481 e. The molecule has 5 nitrogen and oxygen atoms in total. The highest BCUT2D eigenvalue weighted by Crippen LogP contribution is 2.10. The Morgan fingerprint density at radius 2 is 2.21 bits per heavy atom. The Morgan fingerprint density at radius 1 is 1.64 bits per heavy atom. The normalized spacial score (nSPS) is 10.3. The van der Waals surface area contributed by atoms with E-state index in [-0.39, 0.29) is 6.42 Å². The molecule has 14 heavy (non-hydrogen) atoms. The molecule has 0 saturated heterocycles. The average molecular weight is 198 g/mol. The van der Waals surface area contributed by atoms with Crippen molar-refractivity contribution < 1.29 is 14.5 Å². The number of imidazole rings is 1. The number of hydrogen-bond donors (Lipinski definition) is 1. The van der Waals surface area contributed by atoms with Gasteiger partial charge < -0.3 is 10.0 Å². The van der Waals surface area contributed by atoms with Crippen LogP contribution in [0.15, 0.2) is 6.20 Å². The van der Waals surface area contributed by atoms with Crippen molar-refractivity contribution in [2.24, 2.45) is 14.1 Å². The molecule has 0 aromatic carbocycles. The maximum atomic E-state index is 10.6. The van der Waals surface area contributed by atoms with E-state index in [0.717, 1.165) is 11.6 Å². The summed E-state index contributed by atoms with van der Waals surface area (Å²) in [5.74, 6) is 0.956. The van der Waals surface area contributed by atoms with Crippen LogP contribution in [-0.2, 0) is 25.3 Å². The van der Waals surface area contributed by atoms with Crippen molar-refractivity contribution in [2.75, 3.05) is 19.0 Å². The molecular formula is C9H16N3O2+. The standard InChI is InChI=1S/C9H15N3O2/c1-10(2)8-6-11(3)7(12(8)4)5-9(13)14/h6H,5H2,1-4H3/p+1. The lowest BCUT2D eigenvalue weighted by Crippen LogP contribution is -2.33. The monoisotopic (exact) mass is 198 g/mol. The van der Waals surface area contributed by atoms with Crippen molar-refractivity contribution in [3.8, 4) is 0 Å². The fourth-order valence-corrected chi connectivity index (χ4v) is 1.50. The van der Waals surface area contributed by atoms with E-state index in [1.54, 1.807) is 0 Å². The van der Waals surface area contributed by atoms with Crippen LogP contribution in [0.1, 0.15) is 5.82 Å². The first-order valence-electron chi connectivity index (χ1n) is 4.36. The fourth-order valence-electron chi connectivity index (χ4n) is 1.50. The third-order valence-corrected chi connectivity index (χ3v) is 2.21. The second-order valence-electron chi connectivity index (χ2n) is 3.54. The Hall–Kier alpha value is -1.52. The van der Waals surface area contributed by atoms with Crippen LogP contribution in [0.3, 0.4) is 0 Å². The lowest BCUT2D eigenvalue weighted by molar-refractivity contribution is -0.677. The second-order valence-corrected chi connectivity index (χ2v) is 3.54. The van der Waals surface area contributed by atoms with Gasteiger partial charge in [-0.25, -0.2) is 9.13 Å². The number of hydrogen-bond acceptors (Lipinski definition) is 2. The van der Waals surface area contributed by atoms with Crippen LogP contribution in [0.5, 0.6) is 0 Å². The molecule has 0 fully saturated rings. The Morgan fingerprint density at radius 3 is 2.57 bits per heavy atom. The molecule has 0 aliphatic heterocycles. The highest BCUT2D eigenvalue weighted by atomic mass is 16.4. The summed E-state index contributed by atoms with van der Waals surface area (Å²) >= 11 is 0. The van der Waals surface area contributed by atoms with Crippen molar-refractivity contribution in [1.29, 1.82) is 0 Å². The summed E-state index contributed by atoms with van der Waals surface area (Å²) < 4.78 is 3.72. The molecule has 1 N–H and O–H groups in total. The lowest BCUT2D eigenvalue weighted by atomic mass is 10.4. The average Bonchev–Trinajstić information content (AvgIpc) is 2.31. The highest BCUT2D eigenvalue weighted by molar-refractivity contribution is 5.68. The van der Waals surface area contributed by atoms with Crippen LogP contribution in [0.4, 0.5) is 5.82 Å². The summed E-state index contributed by atoms with van der Waals surface area (Å²) in [6.45, 7) is 0. The molecule has 0 saturated carbocycles. The molecule has 0 spiro atoms. The van der Waals surface area contributed by atoms with Crippen molar-refractivity contribution in [3.63, 3.8) is 0 Å². The number of aryl methyl sites for hydroxylation is 1. The maximum Gasteiger partial charge on any atom is 0.315 e. The topological polar surface area (TPSA) is 49.4 Å². The van der Waals surface area contributed by atoms with E-state index in [2.05, 4.69) is 0 Å². The van der Waals surface area contributed by atoms with Gasteiger partial charge in [-0.3, -0.25) is 4.79 Å². The van der Waals surface area contributed by atoms with Crippen LogP contribution in [-0.4, -0.2) is 29.7 Å². The zero-order valence-electron chi connectivity index (χ0n) is 8.98. The van der Waals surface area contributed by atoms with Crippen LogP contribution in [0, 0.1) is 0 Å². The van der Waals surface area contributed by atoms with E-state index in [1.807, 2.05) is 48.4 Å². The molecule has 78 valence electrons. The summed E-state index contributed by atoms with van der Waals surface area (Å²) in [5, 5.41) is 8.72. The van der Waals surface area contributed by atoms with Gasteiger partial charge in [-0.2, -0.15) is 0 Å². The van der Waals surface area contributed by atoms with E-state index in [9.17, 15) is 4.79 Å². The number of rotatable bonds is 3. The van der Waals surface area contributed by atoms with Gasteiger partial charge in [0.1, 0.15) is 6.42 Å². The summed E-state index contributed by atoms with van der Waals surface area (Å²) in [7, 11) is 7.58. The fraction of sp³-hybridized carbons (Fsp3) is 0.556. The molecule has 0 aliphatic rings. The molecule has 0 atom stereocenters. The number of carbonyl (C=O) groups is 1. The van der Waals surface area contributed by atoms with Gasteiger partial charge >= 0.3 is 5.97 Å². The van der Waals surface area contributed by atoms with Gasteiger partial charge in [0.05, 0.1) is 14.1 Å².